The first-order valence-electron chi connectivity index (χ1n) is 9.47. The molecule has 0 unspecified atom stereocenters. The summed E-state index contributed by atoms with van der Waals surface area (Å²) < 4.78 is 7.04. The number of carbonyl (C=O) groups excluding carboxylic acids is 1. The maximum absolute atomic E-state index is 13.2. The molecule has 0 aliphatic rings. The van der Waals surface area contributed by atoms with Crippen LogP contribution in [0.15, 0.2) is 58.5 Å². The molecule has 6 nitrogen and oxygen atoms in total. The Morgan fingerprint density at radius 2 is 1.83 bits per heavy atom. The van der Waals surface area contributed by atoms with Crippen molar-refractivity contribution >= 4 is 28.6 Å². The van der Waals surface area contributed by atoms with Crippen molar-refractivity contribution in [2.45, 2.75) is 38.4 Å². The van der Waals surface area contributed by atoms with Crippen LogP contribution in [0.25, 0.3) is 16.6 Å². The van der Waals surface area contributed by atoms with Crippen molar-refractivity contribution < 1.29 is 9.53 Å². The van der Waals surface area contributed by atoms with Crippen LogP contribution in [0, 0.1) is 0 Å². The summed E-state index contributed by atoms with van der Waals surface area (Å²) in [4.78, 5) is 30.1. The van der Waals surface area contributed by atoms with Crippen LogP contribution in [0.4, 0.5) is 0 Å². The van der Waals surface area contributed by atoms with Gasteiger partial charge in [-0.05, 0) is 64.1 Å². The van der Waals surface area contributed by atoms with Crippen molar-refractivity contribution in [3.05, 3.63) is 58.9 Å². The molecule has 3 rings (SSSR count). The topological polar surface area (TPSA) is 73.2 Å². The third kappa shape index (κ3) is 5.17. The molecule has 0 aliphatic heterocycles. The predicted octanol–water partition coefficient (Wildman–Crippen LogP) is 3.79. The molecule has 0 saturated heterocycles. The zero-order valence-electron chi connectivity index (χ0n) is 17.1. The Morgan fingerprint density at radius 3 is 2.48 bits per heavy atom. The maximum atomic E-state index is 13.2. The molecule has 1 heterocycles. The van der Waals surface area contributed by atoms with Crippen molar-refractivity contribution in [1.29, 1.82) is 0 Å². The molecule has 0 atom stereocenters. The number of carbonyl (C=O) groups is 1. The summed E-state index contributed by atoms with van der Waals surface area (Å²) in [6, 6.07) is 14.5. The third-order valence-electron chi connectivity index (χ3n) is 4.00. The number of benzene rings is 2. The Hall–Kier alpha value is -2.80. The second-order valence-electron chi connectivity index (χ2n) is 7.57. The number of thioether (sulfide) groups is 1. The van der Waals surface area contributed by atoms with E-state index in [2.05, 4.69) is 10.3 Å². The fraction of sp³-hybridized carbons (Fsp3) is 0.318. The van der Waals surface area contributed by atoms with Gasteiger partial charge in [-0.25, -0.2) is 4.98 Å². The summed E-state index contributed by atoms with van der Waals surface area (Å²) in [5, 5.41) is 3.94. The monoisotopic (exact) mass is 411 g/mol. The lowest BCUT2D eigenvalue weighted by atomic mass is 10.1. The summed E-state index contributed by atoms with van der Waals surface area (Å²) >= 11 is 1.24. The van der Waals surface area contributed by atoms with Gasteiger partial charge in [0.2, 0.25) is 5.91 Å². The smallest absolute Gasteiger partial charge is 0.266 e. The minimum Gasteiger partial charge on any atom is -0.494 e. The fourth-order valence-electron chi connectivity index (χ4n) is 2.88. The lowest BCUT2D eigenvalue weighted by Crippen LogP contribution is -2.41. The summed E-state index contributed by atoms with van der Waals surface area (Å²) in [5.41, 5.74) is 0.802. The van der Waals surface area contributed by atoms with Gasteiger partial charge in [0.25, 0.3) is 5.56 Å². The fourth-order valence-corrected chi connectivity index (χ4v) is 3.69. The lowest BCUT2D eigenvalue weighted by Gasteiger charge is -2.20. The van der Waals surface area contributed by atoms with E-state index in [1.54, 1.807) is 16.7 Å². The van der Waals surface area contributed by atoms with Gasteiger partial charge < -0.3 is 10.1 Å². The Balaban J connectivity index is 2.02. The number of hydrogen-bond acceptors (Lipinski definition) is 5. The minimum absolute atomic E-state index is 0.108. The number of hydrogen-bond donors (Lipinski definition) is 1. The number of rotatable bonds is 6. The normalized spacial score (nSPS) is 11.4. The maximum Gasteiger partial charge on any atom is 0.266 e. The molecular formula is C22H25N3O3S. The molecule has 3 aromatic rings. The van der Waals surface area contributed by atoms with Crippen molar-refractivity contribution in [3.8, 4) is 11.4 Å². The Kier molecular flexibility index (Phi) is 6.27. The highest BCUT2D eigenvalue weighted by Crippen LogP contribution is 2.23. The molecule has 152 valence electrons. The van der Waals surface area contributed by atoms with Gasteiger partial charge in [0, 0.05) is 5.54 Å². The first kappa shape index (κ1) is 20.9. The van der Waals surface area contributed by atoms with Crippen LogP contribution in [-0.4, -0.2) is 33.4 Å². The van der Waals surface area contributed by atoms with Gasteiger partial charge in [0.15, 0.2) is 5.16 Å². The summed E-state index contributed by atoms with van der Waals surface area (Å²) in [5.74, 6) is 0.791. The second kappa shape index (κ2) is 8.69. The number of nitrogens with zero attached hydrogens (tertiary/aromatic N) is 2. The van der Waals surface area contributed by atoms with Gasteiger partial charge in [0.1, 0.15) is 5.75 Å². The minimum atomic E-state index is -0.316. The van der Waals surface area contributed by atoms with Crippen molar-refractivity contribution in [1.82, 2.24) is 14.9 Å². The number of nitrogens with one attached hydrogen (secondary N) is 1. The molecule has 0 bridgehead atoms. The number of para-hydroxylation sites is 1. The highest BCUT2D eigenvalue weighted by Gasteiger charge is 2.17. The van der Waals surface area contributed by atoms with E-state index in [-0.39, 0.29) is 22.8 Å². The standard InChI is InChI=1S/C22H25N3O3S/c1-5-28-16-12-10-15(11-13-16)25-20(27)17-8-6-7-9-18(17)23-21(25)29-14-19(26)24-22(2,3)4/h6-13H,5,14H2,1-4H3,(H,24,26). The number of amides is 1. The number of aromatic nitrogens is 2. The number of fused-ring (bicyclic) bond motifs is 1. The molecule has 2 aromatic carbocycles. The van der Waals surface area contributed by atoms with E-state index in [0.717, 1.165) is 5.75 Å². The summed E-state index contributed by atoms with van der Waals surface area (Å²) in [6.07, 6.45) is 0. The number of ether oxygens (including phenoxy) is 1. The van der Waals surface area contributed by atoms with Gasteiger partial charge in [-0.3, -0.25) is 14.2 Å². The van der Waals surface area contributed by atoms with Gasteiger partial charge in [0.05, 0.1) is 29.0 Å². The molecule has 0 spiro atoms. The molecule has 0 radical (unpaired) electrons. The summed E-state index contributed by atoms with van der Waals surface area (Å²) in [7, 11) is 0. The van der Waals surface area contributed by atoms with E-state index >= 15 is 0 Å². The summed E-state index contributed by atoms with van der Waals surface area (Å²) in [6.45, 7) is 8.28. The van der Waals surface area contributed by atoms with E-state index in [1.807, 2.05) is 64.1 Å². The lowest BCUT2D eigenvalue weighted by molar-refractivity contribution is -0.119. The van der Waals surface area contributed by atoms with E-state index in [0.29, 0.717) is 28.4 Å². The third-order valence-corrected chi connectivity index (χ3v) is 4.94. The first-order valence-corrected chi connectivity index (χ1v) is 10.5. The zero-order chi connectivity index (χ0) is 21.0. The zero-order valence-corrected chi connectivity index (χ0v) is 17.9. The second-order valence-corrected chi connectivity index (χ2v) is 8.51. The van der Waals surface area contributed by atoms with Crippen LogP contribution >= 0.6 is 11.8 Å². The first-order chi connectivity index (χ1) is 13.8. The SMILES string of the molecule is CCOc1ccc(-n2c(SCC(=O)NC(C)(C)C)nc3ccccc3c2=O)cc1. The molecule has 1 aromatic heterocycles. The molecule has 7 heteroatoms. The van der Waals surface area contributed by atoms with Gasteiger partial charge in [-0.1, -0.05) is 23.9 Å². The van der Waals surface area contributed by atoms with E-state index in [1.165, 1.54) is 11.8 Å². The molecule has 1 N–H and O–H groups in total. The van der Waals surface area contributed by atoms with Gasteiger partial charge >= 0.3 is 0 Å². The largest absolute Gasteiger partial charge is 0.494 e. The quantitative estimate of drug-likeness (QED) is 0.493. The van der Waals surface area contributed by atoms with Crippen LogP contribution in [0.5, 0.6) is 5.75 Å². The molecule has 0 fully saturated rings. The molecule has 0 saturated carbocycles. The van der Waals surface area contributed by atoms with E-state index in [9.17, 15) is 9.59 Å². The highest BCUT2D eigenvalue weighted by atomic mass is 32.2. The average molecular weight is 412 g/mol. The van der Waals surface area contributed by atoms with Crippen molar-refractivity contribution in [2.24, 2.45) is 0 Å². The highest BCUT2D eigenvalue weighted by molar-refractivity contribution is 7.99. The van der Waals surface area contributed by atoms with Gasteiger partial charge in [-0.15, -0.1) is 0 Å². The van der Waals surface area contributed by atoms with Crippen LogP contribution in [0.2, 0.25) is 0 Å². The average Bonchev–Trinajstić information content (AvgIpc) is 2.66. The van der Waals surface area contributed by atoms with E-state index in [4.69, 9.17) is 4.74 Å². The van der Waals surface area contributed by atoms with Crippen molar-refractivity contribution in [2.75, 3.05) is 12.4 Å². The Morgan fingerprint density at radius 1 is 1.14 bits per heavy atom. The predicted molar refractivity (Wildman–Crippen MR) is 117 cm³/mol. The molecule has 29 heavy (non-hydrogen) atoms. The van der Waals surface area contributed by atoms with Crippen LogP contribution < -0.4 is 15.6 Å². The van der Waals surface area contributed by atoms with Crippen LogP contribution in [0.3, 0.4) is 0 Å². The Bertz CT molecular complexity index is 1070. The molecule has 1 amide bonds. The van der Waals surface area contributed by atoms with Crippen molar-refractivity contribution in [3.63, 3.8) is 0 Å². The van der Waals surface area contributed by atoms with Gasteiger partial charge in [-0.2, -0.15) is 0 Å². The van der Waals surface area contributed by atoms with E-state index < -0.39 is 0 Å². The van der Waals surface area contributed by atoms with Crippen LogP contribution in [-0.2, 0) is 4.79 Å². The molecular weight excluding hydrogens is 386 g/mol. The Labute approximate surface area is 174 Å². The molecule has 0 aliphatic carbocycles. The van der Waals surface area contributed by atoms with Crippen LogP contribution in [0.1, 0.15) is 27.7 Å².